The van der Waals surface area contributed by atoms with Gasteiger partial charge in [-0.05, 0) is 24.3 Å². The SMILES string of the molecule is NC1=C(N)N(c2ccc(Cl)cc2)C(S)NC1=O. The van der Waals surface area contributed by atoms with E-state index in [2.05, 4.69) is 17.9 Å². The first-order chi connectivity index (χ1) is 8.00. The summed E-state index contributed by atoms with van der Waals surface area (Å²) in [6, 6.07) is 6.97. The van der Waals surface area contributed by atoms with Crippen LogP contribution in [-0.4, -0.2) is 11.4 Å². The quantitative estimate of drug-likeness (QED) is 0.563. The number of carbonyl (C=O) groups is 1. The molecule has 0 saturated carbocycles. The molecule has 5 nitrogen and oxygen atoms in total. The Labute approximate surface area is 109 Å². The number of hydrogen-bond acceptors (Lipinski definition) is 5. The Kier molecular flexibility index (Phi) is 3.08. The minimum Gasteiger partial charge on any atom is -0.391 e. The Morgan fingerprint density at radius 1 is 1.29 bits per heavy atom. The van der Waals surface area contributed by atoms with Gasteiger partial charge in [0.1, 0.15) is 11.5 Å². The Bertz CT molecular complexity index is 488. The summed E-state index contributed by atoms with van der Waals surface area (Å²) in [7, 11) is 0. The van der Waals surface area contributed by atoms with Crippen molar-refractivity contribution in [2.75, 3.05) is 4.90 Å². The van der Waals surface area contributed by atoms with Crippen LogP contribution in [0.15, 0.2) is 35.8 Å². The predicted molar refractivity (Wildman–Crippen MR) is 70.2 cm³/mol. The van der Waals surface area contributed by atoms with Crippen LogP contribution in [0.2, 0.25) is 5.02 Å². The molecule has 0 fully saturated rings. The lowest BCUT2D eigenvalue weighted by atomic mass is 10.2. The van der Waals surface area contributed by atoms with Gasteiger partial charge >= 0.3 is 0 Å². The van der Waals surface area contributed by atoms with E-state index in [1.807, 2.05) is 0 Å². The van der Waals surface area contributed by atoms with Crippen LogP contribution in [-0.2, 0) is 4.79 Å². The molecule has 1 atom stereocenters. The van der Waals surface area contributed by atoms with E-state index in [4.69, 9.17) is 23.1 Å². The molecule has 1 unspecified atom stereocenters. The van der Waals surface area contributed by atoms with Crippen LogP contribution in [0.1, 0.15) is 0 Å². The molecule has 0 bridgehead atoms. The molecule has 1 amide bonds. The molecular formula is C10H11ClN4OS. The number of hydrogen-bond donors (Lipinski definition) is 4. The normalized spacial score (nSPS) is 20.5. The van der Waals surface area contributed by atoms with Gasteiger partial charge in [-0.1, -0.05) is 11.6 Å². The standard InChI is InChI=1S/C10H11ClN4OS/c11-5-1-3-6(4-2-5)15-8(13)7(12)9(16)14-10(15)17/h1-4,10,17H,12-13H2,(H,14,16). The van der Waals surface area contributed by atoms with Gasteiger partial charge in [0.05, 0.1) is 0 Å². The number of nitrogens with zero attached hydrogens (tertiary/aromatic N) is 1. The van der Waals surface area contributed by atoms with Crippen molar-refractivity contribution in [3.05, 3.63) is 40.8 Å². The summed E-state index contributed by atoms with van der Waals surface area (Å²) in [5.41, 5.74) is 11.6. The summed E-state index contributed by atoms with van der Waals surface area (Å²) in [6.45, 7) is 0. The number of benzene rings is 1. The molecule has 17 heavy (non-hydrogen) atoms. The fraction of sp³-hybridized carbons (Fsp3) is 0.100. The molecule has 1 aromatic rings. The Hall–Kier alpha value is -1.53. The van der Waals surface area contributed by atoms with Crippen LogP contribution in [0.5, 0.6) is 0 Å². The van der Waals surface area contributed by atoms with Crippen LogP contribution < -0.4 is 21.7 Å². The van der Waals surface area contributed by atoms with E-state index in [-0.39, 0.29) is 11.5 Å². The van der Waals surface area contributed by atoms with E-state index in [9.17, 15) is 4.79 Å². The van der Waals surface area contributed by atoms with E-state index in [1.165, 1.54) is 0 Å². The molecule has 90 valence electrons. The van der Waals surface area contributed by atoms with Crippen molar-refractivity contribution in [2.24, 2.45) is 11.5 Å². The van der Waals surface area contributed by atoms with Gasteiger partial charge in [0.25, 0.3) is 5.91 Å². The third-order valence-electron chi connectivity index (χ3n) is 2.39. The first-order valence-electron chi connectivity index (χ1n) is 4.79. The molecular weight excluding hydrogens is 260 g/mol. The zero-order chi connectivity index (χ0) is 12.6. The molecule has 7 heteroatoms. The lowest BCUT2D eigenvalue weighted by molar-refractivity contribution is -0.118. The van der Waals surface area contributed by atoms with Gasteiger partial charge < -0.3 is 16.8 Å². The molecule has 0 aromatic heterocycles. The first-order valence-corrected chi connectivity index (χ1v) is 5.69. The minimum atomic E-state index is -0.559. The van der Waals surface area contributed by atoms with Crippen molar-refractivity contribution in [2.45, 2.75) is 5.50 Å². The van der Waals surface area contributed by atoms with Gasteiger partial charge in [0.15, 0.2) is 5.50 Å². The van der Waals surface area contributed by atoms with E-state index < -0.39 is 11.4 Å². The van der Waals surface area contributed by atoms with Gasteiger partial charge in [-0.3, -0.25) is 9.69 Å². The van der Waals surface area contributed by atoms with Crippen LogP contribution >= 0.6 is 24.2 Å². The van der Waals surface area contributed by atoms with E-state index in [1.54, 1.807) is 29.2 Å². The molecule has 0 spiro atoms. The fourth-order valence-electron chi connectivity index (χ4n) is 1.52. The highest BCUT2D eigenvalue weighted by atomic mass is 35.5. The molecule has 0 radical (unpaired) electrons. The van der Waals surface area contributed by atoms with Crippen molar-refractivity contribution in [3.8, 4) is 0 Å². The number of thiol groups is 1. The van der Waals surface area contributed by atoms with Gasteiger partial charge in [0.2, 0.25) is 0 Å². The third kappa shape index (κ3) is 2.13. The van der Waals surface area contributed by atoms with Crippen molar-refractivity contribution in [1.82, 2.24) is 5.32 Å². The Balaban J connectivity index is 2.43. The van der Waals surface area contributed by atoms with Gasteiger partial charge in [0, 0.05) is 10.7 Å². The highest BCUT2D eigenvalue weighted by Crippen LogP contribution is 2.25. The molecule has 1 heterocycles. The average molecular weight is 271 g/mol. The van der Waals surface area contributed by atoms with Crippen LogP contribution in [0.25, 0.3) is 0 Å². The summed E-state index contributed by atoms with van der Waals surface area (Å²) in [5, 5.41) is 3.19. The average Bonchev–Trinajstić information content (AvgIpc) is 2.29. The number of nitrogens with one attached hydrogen (secondary N) is 1. The zero-order valence-electron chi connectivity index (χ0n) is 8.72. The number of anilines is 1. The van der Waals surface area contributed by atoms with Gasteiger partial charge in [-0.2, -0.15) is 0 Å². The molecule has 2 rings (SSSR count). The summed E-state index contributed by atoms with van der Waals surface area (Å²) >= 11 is 10.0. The molecule has 1 aliphatic rings. The number of rotatable bonds is 1. The smallest absolute Gasteiger partial charge is 0.273 e. The largest absolute Gasteiger partial charge is 0.391 e. The monoisotopic (exact) mass is 270 g/mol. The number of amides is 1. The second kappa shape index (κ2) is 4.38. The Morgan fingerprint density at radius 2 is 1.88 bits per heavy atom. The van der Waals surface area contributed by atoms with E-state index in [0.29, 0.717) is 5.02 Å². The van der Waals surface area contributed by atoms with Crippen molar-refractivity contribution in [3.63, 3.8) is 0 Å². The second-order valence-corrected chi connectivity index (χ2v) is 4.42. The van der Waals surface area contributed by atoms with Crippen LogP contribution in [0.3, 0.4) is 0 Å². The number of carbonyl (C=O) groups excluding carboxylic acids is 1. The number of nitrogens with two attached hydrogens (primary N) is 2. The molecule has 1 aliphatic heterocycles. The summed E-state index contributed by atoms with van der Waals surface area (Å²) in [4.78, 5) is 13.0. The highest BCUT2D eigenvalue weighted by Gasteiger charge is 2.29. The van der Waals surface area contributed by atoms with Gasteiger partial charge in [-0.15, -0.1) is 12.6 Å². The predicted octanol–water partition coefficient (Wildman–Crippen LogP) is 0.576. The van der Waals surface area contributed by atoms with Crippen LogP contribution in [0, 0.1) is 0 Å². The van der Waals surface area contributed by atoms with Crippen molar-refractivity contribution >= 4 is 35.8 Å². The zero-order valence-corrected chi connectivity index (χ0v) is 10.4. The summed E-state index contributed by atoms with van der Waals surface area (Å²) < 4.78 is 0. The lowest BCUT2D eigenvalue weighted by Gasteiger charge is -2.35. The summed E-state index contributed by atoms with van der Waals surface area (Å²) in [6.07, 6.45) is 0. The maximum Gasteiger partial charge on any atom is 0.273 e. The molecule has 1 aromatic carbocycles. The maximum absolute atomic E-state index is 11.4. The Morgan fingerprint density at radius 3 is 2.47 bits per heavy atom. The lowest BCUT2D eigenvalue weighted by Crippen LogP contribution is -2.53. The first kappa shape index (κ1) is 11.9. The molecule has 0 aliphatic carbocycles. The number of halogens is 1. The van der Waals surface area contributed by atoms with Crippen molar-refractivity contribution < 1.29 is 4.79 Å². The van der Waals surface area contributed by atoms with E-state index in [0.717, 1.165) is 5.69 Å². The fourth-order valence-corrected chi connectivity index (χ4v) is 2.02. The topological polar surface area (TPSA) is 84.4 Å². The molecule has 5 N–H and O–H groups in total. The summed E-state index contributed by atoms with van der Waals surface area (Å²) in [5.74, 6) is -0.246. The van der Waals surface area contributed by atoms with Crippen LogP contribution in [0.4, 0.5) is 5.69 Å². The van der Waals surface area contributed by atoms with E-state index >= 15 is 0 Å². The highest BCUT2D eigenvalue weighted by molar-refractivity contribution is 7.81. The minimum absolute atomic E-state index is 0.0229. The maximum atomic E-state index is 11.4. The van der Waals surface area contributed by atoms with Crippen molar-refractivity contribution in [1.29, 1.82) is 0 Å². The third-order valence-corrected chi connectivity index (χ3v) is 3.00. The van der Waals surface area contributed by atoms with Gasteiger partial charge in [-0.25, -0.2) is 0 Å². The second-order valence-electron chi connectivity index (χ2n) is 3.49. The molecule has 0 saturated heterocycles.